The largest absolute Gasteiger partial charge is 0.496 e. The van der Waals surface area contributed by atoms with Crippen molar-refractivity contribution in [1.29, 1.82) is 0 Å². The van der Waals surface area contributed by atoms with Crippen molar-refractivity contribution in [2.75, 3.05) is 12.0 Å². The van der Waals surface area contributed by atoms with Crippen molar-refractivity contribution in [3.05, 3.63) is 59.7 Å². The standard InChI is InChI=1S/C23H24N2O5/c1-15(2)24-21(27)17-9-5-6-10-18(17)25-20(26)12-13-23(24,25)22(28)30-14-16-8-4-7-11-19(16)29-3/h4-11,15H,12-14H2,1-3H3/t23-/m1/s1. The number of esters is 1. The van der Waals surface area contributed by atoms with Crippen molar-refractivity contribution in [1.82, 2.24) is 4.90 Å². The molecule has 2 heterocycles. The summed E-state index contributed by atoms with van der Waals surface area (Å²) in [5.74, 6) is -0.487. The molecular weight excluding hydrogens is 384 g/mol. The zero-order chi connectivity index (χ0) is 21.5. The third-order valence-electron chi connectivity index (χ3n) is 5.69. The number of carbonyl (C=O) groups excluding carboxylic acids is 3. The van der Waals surface area contributed by atoms with E-state index in [1.807, 2.05) is 32.0 Å². The van der Waals surface area contributed by atoms with E-state index in [9.17, 15) is 14.4 Å². The first-order valence-corrected chi connectivity index (χ1v) is 9.96. The van der Waals surface area contributed by atoms with Crippen LogP contribution in [0.4, 0.5) is 5.69 Å². The Balaban J connectivity index is 1.76. The number of anilines is 1. The normalized spacial score (nSPS) is 20.3. The molecule has 0 spiro atoms. The Morgan fingerprint density at radius 1 is 1.10 bits per heavy atom. The van der Waals surface area contributed by atoms with Crippen molar-refractivity contribution < 1.29 is 23.9 Å². The van der Waals surface area contributed by atoms with Crippen LogP contribution in [-0.2, 0) is 20.9 Å². The van der Waals surface area contributed by atoms with Gasteiger partial charge in [0.2, 0.25) is 11.6 Å². The summed E-state index contributed by atoms with van der Waals surface area (Å²) in [7, 11) is 1.55. The van der Waals surface area contributed by atoms with E-state index in [1.165, 1.54) is 9.80 Å². The van der Waals surface area contributed by atoms with Gasteiger partial charge in [-0.05, 0) is 32.0 Å². The highest BCUT2D eigenvalue weighted by atomic mass is 16.5. The summed E-state index contributed by atoms with van der Waals surface area (Å²) >= 11 is 0. The fraction of sp³-hybridized carbons (Fsp3) is 0.348. The SMILES string of the molecule is COc1ccccc1COC(=O)[C@@]12CCC(=O)N1c1ccccc1C(=O)N2C(C)C. The quantitative estimate of drug-likeness (QED) is 0.711. The molecule has 2 aromatic rings. The monoisotopic (exact) mass is 408 g/mol. The number of hydrogen-bond acceptors (Lipinski definition) is 5. The second-order valence-corrected chi connectivity index (χ2v) is 7.72. The molecule has 0 aliphatic carbocycles. The van der Waals surface area contributed by atoms with Gasteiger partial charge in [-0.15, -0.1) is 0 Å². The molecule has 0 N–H and O–H groups in total. The number of ether oxygens (including phenoxy) is 2. The van der Waals surface area contributed by atoms with Crippen LogP contribution < -0.4 is 9.64 Å². The lowest BCUT2D eigenvalue weighted by Crippen LogP contribution is -2.70. The van der Waals surface area contributed by atoms with Crippen LogP contribution in [0.15, 0.2) is 48.5 Å². The second kappa shape index (κ2) is 7.48. The van der Waals surface area contributed by atoms with E-state index in [0.717, 1.165) is 0 Å². The Morgan fingerprint density at radius 3 is 2.53 bits per heavy atom. The highest BCUT2D eigenvalue weighted by molar-refractivity contribution is 6.15. The first kappa shape index (κ1) is 19.9. The maximum atomic E-state index is 13.5. The molecule has 7 nitrogen and oxygen atoms in total. The maximum Gasteiger partial charge on any atom is 0.354 e. The lowest BCUT2D eigenvalue weighted by molar-refractivity contribution is -0.159. The first-order valence-electron chi connectivity index (χ1n) is 9.96. The number of nitrogens with zero attached hydrogens (tertiary/aromatic N) is 2. The molecule has 0 unspecified atom stereocenters. The zero-order valence-corrected chi connectivity index (χ0v) is 17.3. The van der Waals surface area contributed by atoms with Gasteiger partial charge >= 0.3 is 5.97 Å². The van der Waals surface area contributed by atoms with Crippen molar-refractivity contribution in [2.24, 2.45) is 0 Å². The van der Waals surface area contributed by atoms with Gasteiger partial charge in [0, 0.05) is 24.4 Å². The summed E-state index contributed by atoms with van der Waals surface area (Å²) in [6.45, 7) is 3.65. The van der Waals surface area contributed by atoms with Gasteiger partial charge in [0.1, 0.15) is 12.4 Å². The maximum absolute atomic E-state index is 13.5. The fourth-order valence-electron chi connectivity index (χ4n) is 4.45. The van der Waals surface area contributed by atoms with E-state index < -0.39 is 11.6 Å². The number of carbonyl (C=O) groups is 3. The fourth-order valence-corrected chi connectivity index (χ4v) is 4.45. The van der Waals surface area contributed by atoms with Gasteiger partial charge in [-0.25, -0.2) is 4.79 Å². The molecule has 1 fully saturated rings. The van der Waals surface area contributed by atoms with E-state index in [0.29, 0.717) is 22.6 Å². The number of methoxy groups -OCH3 is 1. The lowest BCUT2D eigenvalue weighted by atomic mass is 9.95. The Labute approximate surface area is 175 Å². The van der Waals surface area contributed by atoms with Gasteiger partial charge < -0.3 is 14.4 Å². The van der Waals surface area contributed by atoms with Crippen LogP contribution in [0, 0.1) is 0 Å². The number of hydrogen-bond donors (Lipinski definition) is 0. The predicted octanol–water partition coefficient (Wildman–Crippen LogP) is 3.13. The van der Waals surface area contributed by atoms with Crippen LogP contribution in [-0.4, -0.2) is 41.5 Å². The van der Waals surface area contributed by atoms with Crippen molar-refractivity contribution in [2.45, 2.75) is 45.0 Å². The van der Waals surface area contributed by atoms with Gasteiger partial charge in [-0.3, -0.25) is 14.5 Å². The van der Waals surface area contributed by atoms with Crippen LogP contribution >= 0.6 is 0 Å². The molecular formula is C23H24N2O5. The van der Waals surface area contributed by atoms with Crippen molar-refractivity contribution in [3.8, 4) is 5.75 Å². The average molecular weight is 408 g/mol. The second-order valence-electron chi connectivity index (χ2n) is 7.72. The number of benzene rings is 2. The molecule has 0 bridgehead atoms. The van der Waals surface area contributed by atoms with Crippen molar-refractivity contribution in [3.63, 3.8) is 0 Å². The molecule has 1 saturated heterocycles. The molecule has 2 aromatic carbocycles. The van der Waals surface area contributed by atoms with Gasteiger partial charge in [-0.2, -0.15) is 0 Å². The molecule has 0 radical (unpaired) electrons. The molecule has 0 saturated carbocycles. The third kappa shape index (κ3) is 2.84. The van der Waals surface area contributed by atoms with Crippen LogP contribution in [0.2, 0.25) is 0 Å². The van der Waals surface area contributed by atoms with E-state index in [2.05, 4.69) is 0 Å². The number of para-hydroxylation sites is 2. The summed E-state index contributed by atoms with van der Waals surface area (Å²) in [4.78, 5) is 42.7. The van der Waals surface area contributed by atoms with Crippen LogP contribution in [0.5, 0.6) is 5.75 Å². The molecule has 2 aliphatic rings. The van der Waals surface area contributed by atoms with Crippen LogP contribution in [0.1, 0.15) is 42.6 Å². The molecule has 2 aliphatic heterocycles. The summed E-state index contributed by atoms with van der Waals surface area (Å²) < 4.78 is 11.0. The van der Waals surface area contributed by atoms with Gasteiger partial charge in [-0.1, -0.05) is 30.3 Å². The molecule has 2 amide bonds. The highest BCUT2D eigenvalue weighted by Gasteiger charge is 2.62. The number of rotatable bonds is 5. The molecule has 1 atom stereocenters. The Bertz CT molecular complexity index is 1020. The van der Waals surface area contributed by atoms with Gasteiger partial charge in [0.05, 0.1) is 18.4 Å². The minimum Gasteiger partial charge on any atom is -0.496 e. The van der Waals surface area contributed by atoms with E-state index >= 15 is 0 Å². The molecule has 7 heteroatoms. The Hall–Kier alpha value is -3.35. The third-order valence-corrected chi connectivity index (χ3v) is 5.69. The Morgan fingerprint density at radius 2 is 1.80 bits per heavy atom. The van der Waals surface area contributed by atoms with Gasteiger partial charge in [0.15, 0.2) is 0 Å². The number of amides is 2. The van der Waals surface area contributed by atoms with Gasteiger partial charge in [0.25, 0.3) is 5.91 Å². The average Bonchev–Trinajstić information content (AvgIpc) is 3.10. The first-order chi connectivity index (χ1) is 14.4. The summed E-state index contributed by atoms with van der Waals surface area (Å²) in [5.41, 5.74) is 0.0867. The molecule has 4 rings (SSSR count). The highest BCUT2D eigenvalue weighted by Crippen LogP contribution is 2.46. The summed E-state index contributed by atoms with van der Waals surface area (Å²) in [5, 5.41) is 0. The van der Waals surface area contributed by atoms with E-state index in [1.54, 1.807) is 37.4 Å². The van der Waals surface area contributed by atoms with E-state index in [-0.39, 0.29) is 37.3 Å². The predicted molar refractivity (Wildman–Crippen MR) is 110 cm³/mol. The van der Waals surface area contributed by atoms with Crippen molar-refractivity contribution >= 4 is 23.5 Å². The molecule has 0 aromatic heterocycles. The van der Waals surface area contributed by atoms with Crippen LogP contribution in [0.3, 0.4) is 0 Å². The minimum atomic E-state index is -1.49. The zero-order valence-electron chi connectivity index (χ0n) is 17.3. The summed E-state index contributed by atoms with van der Waals surface area (Å²) in [6.07, 6.45) is 0.351. The smallest absolute Gasteiger partial charge is 0.354 e. The minimum absolute atomic E-state index is 0.0194. The number of fused-ring (bicyclic) bond motifs is 3. The van der Waals surface area contributed by atoms with Crippen LogP contribution in [0.25, 0.3) is 0 Å². The Kier molecular flexibility index (Phi) is 4.97. The molecule has 30 heavy (non-hydrogen) atoms. The van der Waals surface area contributed by atoms with E-state index in [4.69, 9.17) is 9.47 Å². The molecule has 156 valence electrons. The lowest BCUT2D eigenvalue weighted by Gasteiger charge is -2.50. The summed E-state index contributed by atoms with van der Waals surface area (Å²) in [6, 6.07) is 13.8. The topological polar surface area (TPSA) is 76.1 Å².